The van der Waals surface area contributed by atoms with E-state index >= 15 is 0 Å². The monoisotopic (exact) mass is 424 g/mol. The van der Waals surface area contributed by atoms with Gasteiger partial charge in [-0.1, -0.05) is 55.4 Å². The molecule has 0 aliphatic carbocycles. The van der Waals surface area contributed by atoms with Gasteiger partial charge in [-0.3, -0.25) is 9.89 Å². The number of anilines is 1. The van der Waals surface area contributed by atoms with Crippen molar-refractivity contribution in [1.82, 2.24) is 15.2 Å². The van der Waals surface area contributed by atoms with Crippen molar-refractivity contribution in [3.05, 3.63) is 64.5 Å². The van der Waals surface area contributed by atoms with Gasteiger partial charge in [0.2, 0.25) is 11.1 Å². The Morgan fingerprint density at radius 1 is 1.13 bits per heavy atom. The zero-order valence-electron chi connectivity index (χ0n) is 18.1. The molecular formula is C23H28N4O2S. The van der Waals surface area contributed by atoms with E-state index in [0.717, 1.165) is 22.6 Å². The molecule has 0 bridgehead atoms. The van der Waals surface area contributed by atoms with E-state index in [9.17, 15) is 4.79 Å². The van der Waals surface area contributed by atoms with Crippen LogP contribution in [0.3, 0.4) is 0 Å². The lowest BCUT2D eigenvalue weighted by Crippen LogP contribution is -2.16. The molecule has 0 aliphatic heterocycles. The summed E-state index contributed by atoms with van der Waals surface area (Å²) in [6.07, 6.45) is 0. The highest BCUT2D eigenvalue weighted by molar-refractivity contribution is 7.99. The van der Waals surface area contributed by atoms with Crippen LogP contribution in [0.4, 0.5) is 5.69 Å². The topological polar surface area (TPSA) is 79.9 Å². The van der Waals surface area contributed by atoms with E-state index in [-0.39, 0.29) is 11.7 Å². The van der Waals surface area contributed by atoms with E-state index in [0.29, 0.717) is 23.5 Å². The number of aromatic amines is 1. The molecule has 2 N–H and O–H groups in total. The number of rotatable bonds is 8. The van der Waals surface area contributed by atoms with Gasteiger partial charge in [0.25, 0.3) is 0 Å². The second-order valence-electron chi connectivity index (χ2n) is 7.69. The maximum absolute atomic E-state index is 12.3. The van der Waals surface area contributed by atoms with Gasteiger partial charge in [-0.05, 0) is 55.5 Å². The van der Waals surface area contributed by atoms with Gasteiger partial charge < -0.3 is 10.1 Å². The van der Waals surface area contributed by atoms with Crippen molar-refractivity contribution in [3.8, 4) is 5.75 Å². The quantitative estimate of drug-likeness (QED) is 0.488. The fourth-order valence-electron chi connectivity index (χ4n) is 3.19. The van der Waals surface area contributed by atoms with E-state index in [2.05, 4.69) is 58.6 Å². The molecule has 1 amide bonds. The molecule has 0 saturated heterocycles. The Balaban J connectivity index is 1.49. The minimum Gasteiger partial charge on any atom is -0.486 e. The van der Waals surface area contributed by atoms with Crippen LogP contribution in [-0.4, -0.2) is 26.8 Å². The average Bonchev–Trinajstić information content (AvgIpc) is 3.16. The number of hydrogen-bond acceptors (Lipinski definition) is 5. The van der Waals surface area contributed by atoms with Gasteiger partial charge in [-0.25, -0.2) is 4.98 Å². The Hall–Kier alpha value is -2.80. The summed E-state index contributed by atoms with van der Waals surface area (Å²) < 4.78 is 5.76. The smallest absolute Gasteiger partial charge is 0.234 e. The molecule has 6 nitrogen and oxygen atoms in total. The van der Waals surface area contributed by atoms with Crippen molar-refractivity contribution >= 4 is 23.4 Å². The SMILES string of the molecule is Cc1cc(C)c(NC(=O)CSc2n[nH]c(COc3ccc(C(C)C)cc3)n2)c(C)c1. The first-order chi connectivity index (χ1) is 14.3. The highest BCUT2D eigenvalue weighted by Gasteiger charge is 2.11. The van der Waals surface area contributed by atoms with Crippen LogP contribution in [0.1, 0.15) is 47.8 Å². The third-order valence-corrected chi connectivity index (χ3v) is 5.55. The Morgan fingerprint density at radius 3 is 2.43 bits per heavy atom. The molecule has 30 heavy (non-hydrogen) atoms. The van der Waals surface area contributed by atoms with Crippen molar-refractivity contribution in [3.63, 3.8) is 0 Å². The number of carbonyl (C=O) groups is 1. The second-order valence-corrected chi connectivity index (χ2v) is 8.63. The number of carbonyl (C=O) groups excluding carboxylic acids is 1. The first-order valence-corrected chi connectivity index (χ1v) is 10.9. The summed E-state index contributed by atoms with van der Waals surface area (Å²) in [4.78, 5) is 16.7. The summed E-state index contributed by atoms with van der Waals surface area (Å²) in [5.41, 5.74) is 5.45. The third kappa shape index (κ3) is 5.86. The first kappa shape index (κ1) is 21.9. The van der Waals surface area contributed by atoms with Crippen molar-refractivity contribution in [2.75, 3.05) is 11.1 Å². The Bertz CT molecular complexity index is 989. The van der Waals surface area contributed by atoms with Crippen molar-refractivity contribution < 1.29 is 9.53 Å². The highest BCUT2D eigenvalue weighted by atomic mass is 32.2. The maximum Gasteiger partial charge on any atom is 0.234 e. The van der Waals surface area contributed by atoms with Crippen LogP contribution in [0.15, 0.2) is 41.6 Å². The van der Waals surface area contributed by atoms with Crippen LogP contribution in [0.25, 0.3) is 0 Å². The van der Waals surface area contributed by atoms with Crippen LogP contribution >= 0.6 is 11.8 Å². The minimum atomic E-state index is -0.0807. The summed E-state index contributed by atoms with van der Waals surface area (Å²) in [5.74, 6) is 2.05. The van der Waals surface area contributed by atoms with Gasteiger partial charge in [0, 0.05) is 5.69 Å². The summed E-state index contributed by atoms with van der Waals surface area (Å²) in [5, 5.41) is 10.5. The molecule has 2 aromatic carbocycles. The largest absolute Gasteiger partial charge is 0.486 e. The van der Waals surface area contributed by atoms with Gasteiger partial charge in [0.05, 0.1) is 5.75 Å². The summed E-state index contributed by atoms with van der Waals surface area (Å²) >= 11 is 1.29. The second kappa shape index (κ2) is 9.80. The fourth-order valence-corrected chi connectivity index (χ4v) is 3.81. The maximum atomic E-state index is 12.3. The summed E-state index contributed by atoms with van der Waals surface area (Å²) in [7, 11) is 0. The zero-order chi connectivity index (χ0) is 21.7. The number of nitrogens with one attached hydrogen (secondary N) is 2. The average molecular weight is 425 g/mol. The number of ether oxygens (including phenoxy) is 1. The molecule has 1 aromatic heterocycles. The molecule has 0 aliphatic rings. The molecule has 0 fully saturated rings. The van der Waals surface area contributed by atoms with Crippen molar-refractivity contribution in [2.45, 2.75) is 52.3 Å². The Labute approximate surface area is 181 Å². The van der Waals surface area contributed by atoms with Gasteiger partial charge in [-0.15, -0.1) is 5.10 Å². The van der Waals surface area contributed by atoms with Gasteiger partial charge >= 0.3 is 0 Å². The highest BCUT2D eigenvalue weighted by Crippen LogP contribution is 2.23. The number of amides is 1. The minimum absolute atomic E-state index is 0.0807. The lowest BCUT2D eigenvalue weighted by Gasteiger charge is -2.12. The van der Waals surface area contributed by atoms with Crippen LogP contribution in [0.2, 0.25) is 0 Å². The van der Waals surface area contributed by atoms with Crippen molar-refractivity contribution in [2.24, 2.45) is 0 Å². The van der Waals surface area contributed by atoms with Crippen LogP contribution < -0.4 is 10.1 Å². The molecule has 3 aromatic rings. The molecule has 0 radical (unpaired) electrons. The van der Waals surface area contributed by atoms with Gasteiger partial charge in [0.15, 0.2) is 5.82 Å². The van der Waals surface area contributed by atoms with Crippen LogP contribution in [0.5, 0.6) is 5.75 Å². The first-order valence-electron chi connectivity index (χ1n) is 9.96. The standard InChI is InChI=1S/C23H28N4O2S/c1-14(2)18-6-8-19(9-7-18)29-12-20-24-23(27-26-20)30-13-21(28)25-22-16(4)10-15(3)11-17(22)5/h6-11,14H,12-13H2,1-5H3,(H,25,28)(H,24,26,27). The third-order valence-electron chi connectivity index (χ3n) is 4.71. The fraction of sp³-hybridized carbons (Fsp3) is 0.348. The number of benzene rings is 2. The predicted octanol–water partition coefficient (Wildman–Crippen LogP) is 5.16. The van der Waals surface area contributed by atoms with Crippen molar-refractivity contribution in [1.29, 1.82) is 0 Å². The molecule has 158 valence electrons. The predicted molar refractivity (Wildman–Crippen MR) is 121 cm³/mol. The Morgan fingerprint density at radius 2 is 1.80 bits per heavy atom. The van der Waals surface area contributed by atoms with Crippen LogP contribution in [-0.2, 0) is 11.4 Å². The van der Waals surface area contributed by atoms with E-state index in [1.807, 2.05) is 32.9 Å². The van der Waals surface area contributed by atoms with Crippen LogP contribution in [0, 0.1) is 20.8 Å². The molecule has 7 heteroatoms. The number of thioether (sulfide) groups is 1. The lowest BCUT2D eigenvalue weighted by atomic mass is 10.0. The molecule has 0 spiro atoms. The normalized spacial score (nSPS) is 11.0. The van der Waals surface area contributed by atoms with E-state index < -0.39 is 0 Å². The molecule has 0 saturated carbocycles. The summed E-state index contributed by atoms with van der Waals surface area (Å²) in [6.45, 7) is 10.7. The number of hydrogen-bond donors (Lipinski definition) is 2. The van der Waals surface area contributed by atoms with Gasteiger partial charge in [0.1, 0.15) is 12.4 Å². The molecule has 0 atom stereocenters. The molecular weight excluding hydrogens is 396 g/mol. The zero-order valence-corrected chi connectivity index (χ0v) is 18.9. The van der Waals surface area contributed by atoms with E-state index in [4.69, 9.17) is 4.74 Å². The Kier molecular flexibility index (Phi) is 7.15. The number of nitrogens with zero attached hydrogens (tertiary/aromatic N) is 2. The lowest BCUT2D eigenvalue weighted by molar-refractivity contribution is -0.113. The molecule has 3 rings (SSSR count). The molecule has 0 unspecified atom stereocenters. The summed E-state index contributed by atoms with van der Waals surface area (Å²) in [6, 6.07) is 12.2. The molecule has 1 heterocycles. The number of aryl methyl sites for hydroxylation is 3. The number of H-pyrrole nitrogens is 1. The number of aromatic nitrogens is 3. The van der Waals surface area contributed by atoms with E-state index in [1.54, 1.807) is 0 Å². The van der Waals surface area contributed by atoms with Gasteiger partial charge in [-0.2, -0.15) is 0 Å². The van der Waals surface area contributed by atoms with E-state index in [1.165, 1.54) is 22.9 Å².